The Bertz CT molecular complexity index is 867. The summed E-state index contributed by atoms with van der Waals surface area (Å²) in [4.78, 5) is 17.2. The van der Waals surface area contributed by atoms with Crippen LogP contribution in [0, 0.1) is 20.8 Å². The smallest absolute Gasteiger partial charge is 0.252 e. The molecule has 1 aromatic heterocycles. The van der Waals surface area contributed by atoms with Gasteiger partial charge in [0.1, 0.15) is 0 Å². The van der Waals surface area contributed by atoms with Gasteiger partial charge < -0.3 is 5.32 Å². The van der Waals surface area contributed by atoms with Crippen LogP contribution in [0.3, 0.4) is 0 Å². The van der Waals surface area contributed by atoms with Crippen molar-refractivity contribution in [1.82, 2.24) is 10.3 Å². The quantitative estimate of drug-likeness (QED) is 0.792. The molecule has 0 saturated heterocycles. The SMILES string of the molecule is Cc1ccc(CNC(=O)c2cc(C)nc3c(C)cccc23)cc1. The van der Waals surface area contributed by atoms with E-state index in [-0.39, 0.29) is 5.91 Å². The molecule has 116 valence electrons. The molecule has 3 nitrogen and oxygen atoms in total. The fraction of sp³-hybridized carbons (Fsp3) is 0.200. The number of fused-ring (bicyclic) bond motifs is 1. The van der Waals surface area contributed by atoms with Gasteiger partial charge in [-0.2, -0.15) is 0 Å². The third kappa shape index (κ3) is 3.24. The van der Waals surface area contributed by atoms with E-state index >= 15 is 0 Å². The Morgan fingerprint density at radius 1 is 1.04 bits per heavy atom. The summed E-state index contributed by atoms with van der Waals surface area (Å²) in [5, 5.41) is 3.91. The van der Waals surface area contributed by atoms with Gasteiger partial charge in [-0.25, -0.2) is 0 Å². The lowest BCUT2D eigenvalue weighted by molar-refractivity contribution is 0.0952. The number of aromatic nitrogens is 1. The van der Waals surface area contributed by atoms with Crippen LogP contribution in [-0.4, -0.2) is 10.9 Å². The predicted molar refractivity (Wildman–Crippen MR) is 93.6 cm³/mol. The first-order valence-electron chi connectivity index (χ1n) is 7.75. The van der Waals surface area contributed by atoms with Gasteiger partial charge in [-0.1, -0.05) is 48.0 Å². The van der Waals surface area contributed by atoms with Crippen molar-refractivity contribution in [3.63, 3.8) is 0 Å². The second-order valence-corrected chi connectivity index (χ2v) is 5.95. The lowest BCUT2D eigenvalue weighted by atomic mass is 10.0. The Hall–Kier alpha value is -2.68. The van der Waals surface area contributed by atoms with Gasteiger partial charge in [0, 0.05) is 17.6 Å². The zero-order valence-electron chi connectivity index (χ0n) is 13.7. The summed E-state index contributed by atoms with van der Waals surface area (Å²) in [6.45, 7) is 6.51. The van der Waals surface area contributed by atoms with E-state index in [9.17, 15) is 4.79 Å². The van der Waals surface area contributed by atoms with Gasteiger partial charge in [-0.15, -0.1) is 0 Å². The first kappa shape index (κ1) is 15.2. The number of carbonyl (C=O) groups is 1. The number of amides is 1. The van der Waals surface area contributed by atoms with Crippen molar-refractivity contribution in [3.8, 4) is 0 Å². The minimum absolute atomic E-state index is 0.0633. The first-order chi connectivity index (χ1) is 11.0. The van der Waals surface area contributed by atoms with Crippen LogP contribution in [0.1, 0.15) is 32.7 Å². The van der Waals surface area contributed by atoms with Crippen LogP contribution in [0.2, 0.25) is 0 Å². The van der Waals surface area contributed by atoms with Crippen LogP contribution in [-0.2, 0) is 6.54 Å². The average molecular weight is 304 g/mol. The normalized spacial score (nSPS) is 10.7. The van der Waals surface area contributed by atoms with E-state index in [2.05, 4.69) is 29.4 Å². The van der Waals surface area contributed by atoms with E-state index in [1.807, 2.05) is 50.2 Å². The van der Waals surface area contributed by atoms with E-state index in [0.29, 0.717) is 12.1 Å². The largest absolute Gasteiger partial charge is 0.348 e. The number of pyridine rings is 1. The first-order valence-corrected chi connectivity index (χ1v) is 7.75. The summed E-state index contributed by atoms with van der Waals surface area (Å²) >= 11 is 0. The Balaban J connectivity index is 1.89. The Labute approximate surface area is 136 Å². The molecule has 0 saturated carbocycles. The molecule has 1 N–H and O–H groups in total. The molecule has 1 amide bonds. The van der Waals surface area contributed by atoms with Crippen molar-refractivity contribution >= 4 is 16.8 Å². The molecule has 0 radical (unpaired) electrons. The summed E-state index contributed by atoms with van der Waals surface area (Å²) in [7, 11) is 0. The third-order valence-corrected chi connectivity index (χ3v) is 3.99. The fourth-order valence-electron chi connectivity index (χ4n) is 2.69. The minimum atomic E-state index is -0.0633. The van der Waals surface area contributed by atoms with Gasteiger partial charge in [-0.3, -0.25) is 9.78 Å². The molecular weight excluding hydrogens is 284 g/mol. The summed E-state index contributed by atoms with van der Waals surface area (Å²) in [6.07, 6.45) is 0. The third-order valence-electron chi connectivity index (χ3n) is 3.99. The highest BCUT2D eigenvalue weighted by molar-refractivity contribution is 6.06. The highest BCUT2D eigenvalue weighted by Crippen LogP contribution is 2.21. The van der Waals surface area contributed by atoms with Crippen molar-refractivity contribution in [2.75, 3.05) is 0 Å². The molecule has 1 heterocycles. The molecule has 0 bridgehead atoms. The molecule has 2 aromatic carbocycles. The number of hydrogen-bond donors (Lipinski definition) is 1. The second kappa shape index (κ2) is 6.21. The molecule has 0 fully saturated rings. The molecule has 23 heavy (non-hydrogen) atoms. The number of carbonyl (C=O) groups excluding carboxylic acids is 1. The molecular formula is C20H20N2O. The van der Waals surface area contributed by atoms with Gasteiger partial charge in [0.05, 0.1) is 11.1 Å². The van der Waals surface area contributed by atoms with Crippen molar-refractivity contribution in [2.45, 2.75) is 27.3 Å². The Morgan fingerprint density at radius 2 is 1.78 bits per heavy atom. The van der Waals surface area contributed by atoms with Gasteiger partial charge in [0.15, 0.2) is 0 Å². The van der Waals surface area contributed by atoms with Crippen molar-refractivity contribution < 1.29 is 4.79 Å². The van der Waals surface area contributed by atoms with Gasteiger partial charge in [-0.05, 0) is 38.0 Å². The van der Waals surface area contributed by atoms with E-state index in [0.717, 1.165) is 27.7 Å². The van der Waals surface area contributed by atoms with Gasteiger partial charge in [0.25, 0.3) is 5.91 Å². The zero-order valence-corrected chi connectivity index (χ0v) is 13.7. The fourth-order valence-corrected chi connectivity index (χ4v) is 2.69. The van der Waals surface area contributed by atoms with Gasteiger partial charge >= 0.3 is 0 Å². The maximum absolute atomic E-state index is 12.6. The molecule has 0 atom stereocenters. The van der Waals surface area contributed by atoms with Crippen molar-refractivity contribution in [1.29, 1.82) is 0 Å². The number of para-hydroxylation sites is 1. The zero-order chi connectivity index (χ0) is 16.4. The molecule has 0 aliphatic heterocycles. The Kier molecular flexibility index (Phi) is 4.11. The van der Waals surface area contributed by atoms with Crippen LogP contribution in [0.25, 0.3) is 10.9 Å². The number of hydrogen-bond acceptors (Lipinski definition) is 2. The van der Waals surface area contributed by atoms with Crippen LogP contribution >= 0.6 is 0 Å². The maximum Gasteiger partial charge on any atom is 0.252 e. The Morgan fingerprint density at radius 3 is 2.52 bits per heavy atom. The number of aryl methyl sites for hydroxylation is 3. The number of benzene rings is 2. The van der Waals surface area contributed by atoms with Gasteiger partial charge in [0.2, 0.25) is 0 Å². The lowest BCUT2D eigenvalue weighted by Crippen LogP contribution is -2.23. The minimum Gasteiger partial charge on any atom is -0.348 e. The maximum atomic E-state index is 12.6. The molecule has 0 aliphatic rings. The van der Waals surface area contributed by atoms with Crippen LogP contribution < -0.4 is 5.32 Å². The number of rotatable bonds is 3. The predicted octanol–water partition coefficient (Wildman–Crippen LogP) is 4.09. The second-order valence-electron chi connectivity index (χ2n) is 5.95. The van der Waals surface area contributed by atoms with E-state index in [1.54, 1.807) is 0 Å². The standard InChI is InChI=1S/C20H20N2O/c1-13-7-9-16(10-8-13)12-21-20(23)18-11-15(3)22-19-14(2)5-4-6-17(18)19/h4-11H,12H2,1-3H3,(H,21,23). The lowest BCUT2D eigenvalue weighted by Gasteiger charge is -2.10. The van der Waals surface area contributed by atoms with E-state index in [4.69, 9.17) is 0 Å². The van der Waals surface area contributed by atoms with E-state index < -0.39 is 0 Å². The molecule has 3 aromatic rings. The molecule has 0 unspecified atom stereocenters. The molecule has 0 aliphatic carbocycles. The number of nitrogens with one attached hydrogen (secondary N) is 1. The van der Waals surface area contributed by atoms with Crippen LogP contribution in [0.5, 0.6) is 0 Å². The highest BCUT2D eigenvalue weighted by Gasteiger charge is 2.12. The summed E-state index contributed by atoms with van der Waals surface area (Å²) in [5.74, 6) is -0.0633. The van der Waals surface area contributed by atoms with Crippen molar-refractivity contribution in [3.05, 3.63) is 76.5 Å². The van der Waals surface area contributed by atoms with Crippen LogP contribution in [0.4, 0.5) is 0 Å². The van der Waals surface area contributed by atoms with Crippen LogP contribution in [0.15, 0.2) is 48.5 Å². The topological polar surface area (TPSA) is 42.0 Å². The summed E-state index contributed by atoms with van der Waals surface area (Å²) < 4.78 is 0. The summed E-state index contributed by atoms with van der Waals surface area (Å²) in [6, 6.07) is 16.0. The number of nitrogens with zero attached hydrogens (tertiary/aromatic N) is 1. The average Bonchev–Trinajstić information content (AvgIpc) is 2.54. The highest BCUT2D eigenvalue weighted by atomic mass is 16.1. The molecule has 3 heteroatoms. The van der Waals surface area contributed by atoms with E-state index in [1.165, 1.54) is 5.56 Å². The monoisotopic (exact) mass is 304 g/mol. The molecule has 3 rings (SSSR count). The van der Waals surface area contributed by atoms with Crippen molar-refractivity contribution in [2.24, 2.45) is 0 Å². The molecule has 0 spiro atoms. The summed E-state index contributed by atoms with van der Waals surface area (Å²) in [5.41, 5.74) is 5.82.